The lowest BCUT2D eigenvalue weighted by molar-refractivity contribution is -0.131. The zero-order chi connectivity index (χ0) is 15.7. The molecule has 116 valence electrons. The van der Waals surface area contributed by atoms with Gasteiger partial charge in [0.05, 0.1) is 5.75 Å². The fourth-order valence-corrected chi connectivity index (χ4v) is 4.25. The van der Waals surface area contributed by atoms with Gasteiger partial charge in [0.1, 0.15) is 0 Å². The highest BCUT2D eigenvalue weighted by molar-refractivity contribution is 7.89. The average molecular weight is 331 g/mol. The molecule has 2 rings (SSSR count). The van der Waals surface area contributed by atoms with Gasteiger partial charge in [-0.05, 0) is 31.0 Å². The summed E-state index contributed by atoms with van der Waals surface area (Å²) in [7, 11) is -1.51. The van der Waals surface area contributed by atoms with Crippen LogP contribution in [-0.2, 0) is 21.4 Å². The third-order valence-electron chi connectivity index (χ3n) is 3.62. The highest BCUT2D eigenvalue weighted by atomic mass is 35.5. The summed E-state index contributed by atoms with van der Waals surface area (Å²) in [6.45, 7) is 2.24. The summed E-state index contributed by atoms with van der Waals surface area (Å²) in [6, 6.07) is 7.29. The lowest BCUT2D eigenvalue weighted by atomic mass is 9.95. The lowest BCUT2D eigenvalue weighted by Gasteiger charge is -2.25. The smallest absolute Gasteiger partial charge is 0.224 e. The molecule has 1 unspecified atom stereocenters. The van der Waals surface area contributed by atoms with Crippen molar-refractivity contribution in [1.82, 2.24) is 9.62 Å². The van der Waals surface area contributed by atoms with E-state index in [1.165, 1.54) is 0 Å². The monoisotopic (exact) mass is 330 g/mol. The standard InChI is InChI=1S/C14H19ClN2O3S/c1-14(7-8-21(19,20)16-14)9-13(18)17(2)10-11-3-5-12(15)6-4-11/h3-6,16H,7-10H2,1-2H3. The van der Waals surface area contributed by atoms with E-state index in [4.69, 9.17) is 11.6 Å². The second-order valence-electron chi connectivity index (χ2n) is 5.78. The number of halogens is 1. The summed E-state index contributed by atoms with van der Waals surface area (Å²) in [5.74, 6) is -0.00503. The maximum absolute atomic E-state index is 12.3. The van der Waals surface area contributed by atoms with Crippen LogP contribution in [0.5, 0.6) is 0 Å². The number of nitrogens with one attached hydrogen (secondary N) is 1. The Morgan fingerprint density at radius 2 is 2.00 bits per heavy atom. The zero-order valence-corrected chi connectivity index (χ0v) is 13.7. The fourth-order valence-electron chi connectivity index (χ4n) is 2.38. The number of hydrogen-bond donors (Lipinski definition) is 1. The topological polar surface area (TPSA) is 66.5 Å². The molecule has 0 radical (unpaired) electrons. The van der Waals surface area contributed by atoms with Gasteiger partial charge in [0.25, 0.3) is 0 Å². The minimum absolute atomic E-state index is 0.0810. The molecule has 1 saturated heterocycles. The molecule has 0 aromatic heterocycles. The molecule has 0 spiro atoms. The van der Waals surface area contributed by atoms with Crippen molar-refractivity contribution in [3.63, 3.8) is 0 Å². The molecular formula is C14H19ClN2O3S. The Kier molecular flexibility index (Phi) is 4.60. The highest BCUT2D eigenvalue weighted by Gasteiger charge is 2.39. The van der Waals surface area contributed by atoms with Crippen LogP contribution < -0.4 is 4.72 Å². The molecule has 0 bridgehead atoms. The van der Waals surface area contributed by atoms with E-state index in [0.717, 1.165) is 5.56 Å². The number of carbonyl (C=O) groups is 1. The van der Waals surface area contributed by atoms with E-state index in [1.807, 2.05) is 12.1 Å². The first kappa shape index (κ1) is 16.3. The minimum Gasteiger partial charge on any atom is -0.341 e. The number of carbonyl (C=O) groups excluding carboxylic acids is 1. The molecule has 1 aliphatic rings. The van der Waals surface area contributed by atoms with E-state index >= 15 is 0 Å². The van der Waals surface area contributed by atoms with Crippen LogP contribution in [0.4, 0.5) is 0 Å². The van der Waals surface area contributed by atoms with Gasteiger partial charge in [-0.2, -0.15) is 0 Å². The second-order valence-corrected chi connectivity index (χ2v) is 8.06. The van der Waals surface area contributed by atoms with E-state index in [-0.39, 0.29) is 18.1 Å². The molecule has 5 nitrogen and oxygen atoms in total. The van der Waals surface area contributed by atoms with Gasteiger partial charge in [0, 0.05) is 30.6 Å². The third kappa shape index (κ3) is 4.43. The summed E-state index contributed by atoms with van der Waals surface area (Å²) in [5, 5.41) is 0.653. The van der Waals surface area contributed by atoms with Crippen LogP contribution in [0.3, 0.4) is 0 Å². The van der Waals surface area contributed by atoms with Crippen molar-refractivity contribution in [3.8, 4) is 0 Å². The normalized spacial score (nSPS) is 24.0. The van der Waals surface area contributed by atoms with Crippen LogP contribution in [-0.4, -0.2) is 37.6 Å². The quantitative estimate of drug-likeness (QED) is 0.915. The molecule has 1 N–H and O–H groups in total. The number of hydrogen-bond acceptors (Lipinski definition) is 3. The molecule has 1 heterocycles. The van der Waals surface area contributed by atoms with Crippen LogP contribution in [0.2, 0.25) is 5.02 Å². The molecule has 0 aliphatic carbocycles. The average Bonchev–Trinajstić information content (AvgIpc) is 2.66. The molecule has 21 heavy (non-hydrogen) atoms. The molecule has 1 amide bonds. The third-order valence-corrected chi connectivity index (χ3v) is 5.42. The van der Waals surface area contributed by atoms with Gasteiger partial charge in [-0.15, -0.1) is 0 Å². The summed E-state index contributed by atoms with van der Waals surface area (Å²) in [5.41, 5.74) is 0.303. The first-order valence-corrected chi connectivity index (χ1v) is 8.72. The second kappa shape index (κ2) is 5.94. The van der Waals surface area contributed by atoms with Crippen molar-refractivity contribution in [2.24, 2.45) is 0 Å². The minimum atomic E-state index is -3.22. The Bertz CT molecular complexity index is 630. The van der Waals surface area contributed by atoms with Crippen molar-refractivity contribution in [3.05, 3.63) is 34.9 Å². The van der Waals surface area contributed by atoms with E-state index in [2.05, 4.69) is 4.72 Å². The van der Waals surface area contributed by atoms with Crippen LogP contribution >= 0.6 is 11.6 Å². The summed E-state index contributed by atoms with van der Waals surface area (Å²) >= 11 is 5.82. The van der Waals surface area contributed by atoms with E-state index in [9.17, 15) is 13.2 Å². The molecule has 1 aliphatic heterocycles. The van der Waals surface area contributed by atoms with Gasteiger partial charge in [-0.3, -0.25) is 4.79 Å². The van der Waals surface area contributed by atoms with E-state index < -0.39 is 15.6 Å². The molecule has 1 aromatic carbocycles. The van der Waals surface area contributed by atoms with Crippen LogP contribution in [0.25, 0.3) is 0 Å². The maximum Gasteiger partial charge on any atom is 0.224 e. The fraction of sp³-hybridized carbons (Fsp3) is 0.500. The summed E-state index contributed by atoms with van der Waals surface area (Å²) in [4.78, 5) is 13.8. The van der Waals surface area contributed by atoms with Crippen molar-refractivity contribution in [2.75, 3.05) is 12.8 Å². The van der Waals surface area contributed by atoms with Gasteiger partial charge in [0.2, 0.25) is 15.9 Å². The predicted octanol–water partition coefficient (Wildman–Crippen LogP) is 1.77. The number of sulfonamides is 1. The number of nitrogens with zero attached hydrogens (tertiary/aromatic N) is 1. The van der Waals surface area contributed by atoms with Gasteiger partial charge in [0.15, 0.2) is 0 Å². The van der Waals surface area contributed by atoms with Gasteiger partial charge in [-0.1, -0.05) is 23.7 Å². The van der Waals surface area contributed by atoms with Crippen molar-refractivity contribution >= 4 is 27.5 Å². The van der Waals surface area contributed by atoms with E-state index in [0.29, 0.717) is 18.0 Å². The highest BCUT2D eigenvalue weighted by Crippen LogP contribution is 2.24. The maximum atomic E-state index is 12.3. The first-order valence-electron chi connectivity index (χ1n) is 6.69. The Morgan fingerprint density at radius 3 is 2.52 bits per heavy atom. The Hall–Kier alpha value is -1.11. The Labute approximate surface area is 130 Å². The van der Waals surface area contributed by atoms with Crippen LogP contribution in [0.1, 0.15) is 25.3 Å². The molecule has 1 fully saturated rings. The summed E-state index contributed by atoms with van der Waals surface area (Å²) in [6.07, 6.45) is 0.617. The molecule has 1 atom stereocenters. The molecule has 7 heteroatoms. The lowest BCUT2D eigenvalue weighted by Crippen LogP contribution is -2.43. The van der Waals surface area contributed by atoms with Gasteiger partial charge in [-0.25, -0.2) is 13.1 Å². The number of benzene rings is 1. The van der Waals surface area contributed by atoms with Crippen molar-refractivity contribution in [1.29, 1.82) is 0 Å². The predicted molar refractivity (Wildman–Crippen MR) is 82.5 cm³/mol. The SMILES string of the molecule is CN(Cc1ccc(Cl)cc1)C(=O)CC1(C)CCS(=O)(=O)N1. The molecule has 0 saturated carbocycles. The Balaban J connectivity index is 1.95. The van der Waals surface area contributed by atoms with Crippen molar-refractivity contribution in [2.45, 2.75) is 31.8 Å². The Morgan fingerprint density at radius 1 is 1.38 bits per heavy atom. The van der Waals surface area contributed by atoms with Gasteiger partial charge < -0.3 is 4.90 Å². The number of amides is 1. The van der Waals surface area contributed by atoms with E-state index in [1.54, 1.807) is 31.0 Å². The van der Waals surface area contributed by atoms with Crippen LogP contribution in [0, 0.1) is 0 Å². The number of rotatable bonds is 4. The van der Waals surface area contributed by atoms with Gasteiger partial charge >= 0.3 is 0 Å². The molecular weight excluding hydrogens is 312 g/mol. The first-order chi connectivity index (χ1) is 9.69. The van der Waals surface area contributed by atoms with Crippen LogP contribution in [0.15, 0.2) is 24.3 Å². The van der Waals surface area contributed by atoms with Crippen molar-refractivity contribution < 1.29 is 13.2 Å². The largest absolute Gasteiger partial charge is 0.341 e. The zero-order valence-electron chi connectivity index (χ0n) is 12.1. The summed E-state index contributed by atoms with van der Waals surface area (Å²) < 4.78 is 25.5. The molecule has 1 aromatic rings.